The molecular weight excluding hydrogens is 457 g/mol. The SMILES string of the molecule is COC(=O)C1C(c2ccc(Br)cc2)Nc2nnc(C(F)(F)F)n2C1(C)O.[Cl-]. The Morgan fingerprint density at radius 3 is 2.44 bits per heavy atom. The number of anilines is 1. The third-order valence-electron chi connectivity index (χ3n) is 4.26. The van der Waals surface area contributed by atoms with Crippen molar-refractivity contribution in [3.8, 4) is 0 Å². The predicted octanol–water partition coefficient (Wildman–Crippen LogP) is -0.316. The predicted molar refractivity (Wildman–Crippen MR) is 86.9 cm³/mol. The van der Waals surface area contributed by atoms with Gasteiger partial charge in [0.2, 0.25) is 11.8 Å². The molecule has 3 unspecified atom stereocenters. The molecule has 3 atom stereocenters. The fourth-order valence-electron chi connectivity index (χ4n) is 3.10. The van der Waals surface area contributed by atoms with E-state index in [4.69, 9.17) is 4.74 Å². The van der Waals surface area contributed by atoms with Crippen molar-refractivity contribution in [3.05, 3.63) is 40.1 Å². The Morgan fingerprint density at radius 2 is 1.93 bits per heavy atom. The smallest absolute Gasteiger partial charge is 0.451 e. The van der Waals surface area contributed by atoms with Crippen molar-refractivity contribution < 1.29 is 40.2 Å². The molecule has 2 N–H and O–H groups in total. The lowest BCUT2D eigenvalue weighted by molar-refractivity contribution is -0.179. The number of ether oxygens (including phenoxy) is 1. The molecule has 12 heteroatoms. The van der Waals surface area contributed by atoms with Crippen molar-refractivity contribution in [2.45, 2.75) is 24.9 Å². The second kappa shape index (κ2) is 7.28. The molecular formula is C15H14BrClF3N4O3-. The summed E-state index contributed by atoms with van der Waals surface area (Å²) in [5.41, 5.74) is -1.72. The van der Waals surface area contributed by atoms with E-state index in [-0.39, 0.29) is 18.4 Å². The first-order valence-corrected chi connectivity index (χ1v) is 8.22. The number of methoxy groups -OCH3 is 1. The van der Waals surface area contributed by atoms with Crippen molar-refractivity contribution in [1.82, 2.24) is 14.8 Å². The monoisotopic (exact) mass is 469 g/mol. The number of nitrogens with zero attached hydrogens (tertiary/aromatic N) is 3. The molecule has 1 aliphatic heterocycles. The number of nitrogens with one attached hydrogen (secondary N) is 1. The first-order valence-electron chi connectivity index (χ1n) is 7.42. The van der Waals surface area contributed by atoms with Crippen LogP contribution < -0.4 is 17.7 Å². The molecule has 0 spiro atoms. The van der Waals surface area contributed by atoms with Crippen molar-refractivity contribution in [2.24, 2.45) is 5.92 Å². The first-order chi connectivity index (χ1) is 12.1. The maximum atomic E-state index is 13.2. The highest BCUT2D eigenvalue weighted by molar-refractivity contribution is 9.10. The van der Waals surface area contributed by atoms with E-state index in [2.05, 4.69) is 31.4 Å². The summed E-state index contributed by atoms with van der Waals surface area (Å²) >= 11 is 3.29. The molecule has 0 radical (unpaired) electrons. The fraction of sp³-hybridized carbons (Fsp3) is 0.400. The van der Waals surface area contributed by atoms with Crippen molar-refractivity contribution in [3.63, 3.8) is 0 Å². The van der Waals surface area contributed by atoms with Gasteiger partial charge in [-0.3, -0.25) is 9.36 Å². The molecule has 0 aliphatic carbocycles. The molecule has 0 saturated carbocycles. The van der Waals surface area contributed by atoms with Crippen LogP contribution in [0.1, 0.15) is 24.4 Å². The third kappa shape index (κ3) is 3.63. The van der Waals surface area contributed by atoms with Crippen LogP contribution in [-0.4, -0.2) is 33.0 Å². The molecule has 1 aliphatic rings. The van der Waals surface area contributed by atoms with E-state index in [9.17, 15) is 23.1 Å². The number of alkyl halides is 3. The van der Waals surface area contributed by atoms with Crippen LogP contribution >= 0.6 is 15.9 Å². The molecule has 0 fully saturated rings. The van der Waals surface area contributed by atoms with Gasteiger partial charge >= 0.3 is 12.1 Å². The van der Waals surface area contributed by atoms with E-state index in [1.54, 1.807) is 24.3 Å². The summed E-state index contributed by atoms with van der Waals surface area (Å²) in [6, 6.07) is 5.89. The molecule has 3 rings (SSSR count). The molecule has 0 saturated heterocycles. The number of hydrogen-bond acceptors (Lipinski definition) is 6. The van der Waals surface area contributed by atoms with E-state index < -0.39 is 35.7 Å². The van der Waals surface area contributed by atoms with Crippen LogP contribution in [0.3, 0.4) is 0 Å². The largest absolute Gasteiger partial charge is 1.00 e. The molecule has 0 amide bonds. The van der Waals surface area contributed by atoms with Gasteiger partial charge in [-0.15, -0.1) is 10.2 Å². The Hall–Kier alpha value is -1.85. The van der Waals surface area contributed by atoms with Gasteiger partial charge in [0.05, 0.1) is 13.2 Å². The van der Waals surface area contributed by atoms with Crippen LogP contribution in [0.2, 0.25) is 0 Å². The highest BCUT2D eigenvalue weighted by atomic mass is 79.9. The number of halogens is 5. The lowest BCUT2D eigenvalue weighted by Crippen LogP contribution is -3.00. The van der Waals surface area contributed by atoms with Gasteiger partial charge in [-0.25, -0.2) is 0 Å². The number of aromatic nitrogens is 3. The van der Waals surface area contributed by atoms with Gasteiger partial charge < -0.3 is 27.6 Å². The molecule has 2 aromatic rings. The Morgan fingerprint density at radius 1 is 1.33 bits per heavy atom. The van der Waals surface area contributed by atoms with Crippen LogP contribution in [0, 0.1) is 5.92 Å². The van der Waals surface area contributed by atoms with Crippen LogP contribution in [0.15, 0.2) is 28.7 Å². The molecule has 2 heterocycles. The molecule has 7 nitrogen and oxygen atoms in total. The average Bonchev–Trinajstić information content (AvgIpc) is 2.99. The van der Waals surface area contributed by atoms with Crippen LogP contribution in [0.5, 0.6) is 0 Å². The molecule has 1 aromatic carbocycles. The van der Waals surface area contributed by atoms with E-state index in [0.717, 1.165) is 18.5 Å². The lowest BCUT2D eigenvalue weighted by Gasteiger charge is -2.42. The third-order valence-corrected chi connectivity index (χ3v) is 4.79. The number of benzene rings is 1. The summed E-state index contributed by atoms with van der Waals surface area (Å²) in [5.74, 6) is -3.95. The maximum absolute atomic E-state index is 13.2. The lowest BCUT2D eigenvalue weighted by atomic mass is 9.83. The number of aliphatic hydroxyl groups is 1. The number of hydrogen-bond donors (Lipinski definition) is 2. The second-order valence-corrected chi connectivity index (χ2v) is 6.86. The van der Waals surface area contributed by atoms with Crippen LogP contribution in [0.4, 0.5) is 19.1 Å². The summed E-state index contributed by atoms with van der Waals surface area (Å²) in [5, 5.41) is 20.3. The normalized spacial score (nSPS) is 24.4. The second-order valence-electron chi connectivity index (χ2n) is 5.95. The van der Waals surface area contributed by atoms with E-state index in [1.807, 2.05) is 0 Å². The zero-order valence-electron chi connectivity index (χ0n) is 14.0. The van der Waals surface area contributed by atoms with E-state index in [0.29, 0.717) is 10.1 Å². The summed E-state index contributed by atoms with van der Waals surface area (Å²) in [6.07, 6.45) is -4.86. The standard InChI is InChI=1S/C15H14BrF3N4O3.ClH/c1-14(25)9(11(24)26-2)10(7-3-5-8(16)6-4-7)20-13-22-21-12(23(13)14)15(17,18)19;/h3-6,9-10,25H,1-2H3,(H,20,22);1H/p-1. The summed E-state index contributed by atoms with van der Waals surface area (Å²) in [7, 11) is 1.10. The summed E-state index contributed by atoms with van der Waals surface area (Å²) < 4.78 is 45.7. The number of carbonyl (C=O) groups excluding carboxylic acids is 1. The molecule has 0 bridgehead atoms. The van der Waals surface area contributed by atoms with Gasteiger partial charge in [0.15, 0.2) is 5.72 Å². The topological polar surface area (TPSA) is 89.3 Å². The Bertz CT molecular complexity index is 842. The highest BCUT2D eigenvalue weighted by Gasteiger charge is 2.55. The van der Waals surface area contributed by atoms with Crippen LogP contribution in [-0.2, 0) is 21.4 Å². The minimum Gasteiger partial charge on any atom is -1.00 e. The number of rotatable bonds is 2. The zero-order valence-corrected chi connectivity index (χ0v) is 16.3. The minimum atomic E-state index is -4.86. The average molecular weight is 471 g/mol. The van der Waals surface area contributed by atoms with Gasteiger partial charge in [0.1, 0.15) is 5.92 Å². The number of fused-ring (bicyclic) bond motifs is 1. The molecule has 1 aromatic heterocycles. The van der Waals surface area contributed by atoms with Gasteiger partial charge in [0, 0.05) is 4.47 Å². The van der Waals surface area contributed by atoms with Crippen molar-refractivity contribution in [1.29, 1.82) is 0 Å². The zero-order chi connectivity index (χ0) is 19.3. The summed E-state index contributed by atoms with van der Waals surface area (Å²) in [6.45, 7) is 1.10. The van der Waals surface area contributed by atoms with Gasteiger partial charge in [0.25, 0.3) is 0 Å². The Kier molecular flexibility index (Phi) is 5.79. The van der Waals surface area contributed by atoms with Crippen molar-refractivity contribution in [2.75, 3.05) is 12.4 Å². The van der Waals surface area contributed by atoms with Gasteiger partial charge in [-0.1, -0.05) is 28.1 Å². The van der Waals surface area contributed by atoms with Gasteiger partial charge in [-0.2, -0.15) is 13.2 Å². The maximum Gasteiger partial charge on any atom is 0.451 e. The van der Waals surface area contributed by atoms with E-state index >= 15 is 0 Å². The number of carbonyl (C=O) groups is 1. The Labute approximate surface area is 166 Å². The first kappa shape index (κ1) is 21.5. The molecule has 27 heavy (non-hydrogen) atoms. The minimum absolute atomic E-state index is 0. The highest BCUT2D eigenvalue weighted by Crippen LogP contribution is 2.45. The fourth-order valence-corrected chi connectivity index (χ4v) is 3.36. The van der Waals surface area contributed by atoms with Gasteiger partial charge in [-0.05, 0) is 24.6 Å². The van der Waals surface area contributed by atoms with E-state index in [1.165, 1.54) is 0 Å². The molecule has 148 valence electrons. The van der Waals surface area contributed by atoms with Crippen molar-refractivity contribution >= 4 is 27.8 Å². The quantitative estimate of drug-likeness (QED) is 0.585. The number of esters is 1. The van der Waals surface area contributed by atoms with Crippen LogP contribution in [0.25, 0.3) is 0 Å². The Balaban J connectivity index is 0.00000261. The summed E-state index contributed by atoms with van der Waals surface area (Å²) in [4.78, 5) is 12.4.